The summed E-state index contributed by atoms with van der Waals surface area (Å²) in [5, 5.41) is 0. The normalized spacial score (nSPS) is 20.2. The highest BCUT2D eigenvalue weighted by Gasteiger charge is 2.43. The van der Waals surface area contributed by atoms with E-state index in [1.54, 1.807) is 12.1 Å². The van der Waals surface area contributed by atoms with Gasteiger partial charge in [0.1, 0.15) is 0 Å². The van der Waals surface area contributed by atoms with Crippen molar-refractivity contribution < 1.29 is 13.2 Å². The molecule has 146 valence electrons. The molecule has 0 saturated heterocycles. The van der Waals surface area contributed by atoms with Gasteiger partial charge in [0, 0.05) is 30.1 Å². The molecule has 28 heavy (non-hydrogen) atoms. The quantitative estimate of drug-likeness (QED) is 0.798. The van der Waals surface area contributed by atoms with E-state index in [1.807, 2.05) is 35.2 Å². The average Bonchev–Trinajstić information content (AvgIpc) is 3.37. The molecule has 1 saturated carbocycles. The van der Waals surface area contributed by atoms with Crippen LogP contribution in [0.25, 0.3) is 0 Å². The highest BCUT2D eigenvalue weighted by molar-refractivity contribution is 7.92. The van der Waals surface area contributed by atoms with Crippen molar-refractivity contribution in [3.63, 3.8) is 0 Å². The van der Waals surface area contributed by atoms with E-state index in [9.17, 15) is 13.2 Å². The summed E-state index contributed by atoms with van der Waals surface area (Å²) in [6, 6.07) is 12.9. The van der Waals surface area contributed by atoms with Crippen LogP contribution in [0, 0.1) is 5.92 Å². The molecule has 3 aliphatic rings. The van der Waals surface area contributed by atoms with Crippen LogP contribution in [0.15, 0.2) is 47.4 Å². The molecule has 0 spiro atoms. The Labute approximate surface area is 166 Å². The Kier molecular flexibility index (Phi) is 3.69. The van der Waals surface area contributed by atoms with Gasteiger partial charge in [-0.3, -0.25) is 9.10 Å². The Morgan fingerprint density at radius 1 is 1.07 bits per heavy atom. The highest BCUT2D eigenvalue weighted by atomic mass is 32.2. The van der Waals surface area contributed by atoms with Gasteiger partial charge in [0.25, 0.3) is 10.0 Å². The number of carbonyl (C=O) groups is 1. The van der Waals surface area contributed by atoms with Gasteiger partial charge in [-0.1, -0.05) is 32.0 Å². The number of hydrogen-bond donors (Lipinski definition) is 0. The van der Waals surface area contributed by atoms with E-state index in [1.165, 1.54) is 4.31 Å². The summed E-state index contributed by atoms with van der Waals surface area (Å²) in [7, 11) is -3.64. The summed E-state index contributed by atoms with van der Waals surface area (Å²) >= 11 is 0. The van der Waals surface area contributed by atoms with Crippen molar-refractivity contribution in [1.82, 2.24) is 0 Å². The highest BCUT2D eigenvalue weighted by Crippen LogP contribution is 2.45. The number of benzene rings is 2. The first-order valence-corrected chi connectivity index (χ1v) is 11.3. The number of fused-ring (bicyclic) bond motifs is 2. The molecule has 2 aromatic rings. The van der Waals surface area contributed by atoms with Crippen LogP contribution < -0.4 is 9.21 Å². The molecular weight excluding hydrogens is 372 g/mol. The van der Waals surface area contributed by atoms with E-state index in [-0.39, 0.29) is 17.2 Å². The first-order chi connectivity index (χ1) is 13.3. The second kappa shape index (κ2) is 5.83. The van der Waals surface area contributed by atoms with Crippen LogP contribution in [-0.4, -0.2) is 27.4 Å². The van der Waals surface area contributed by atoms with Gasteiger partial charge in [-0.2, -0.15) is 0 Å². The molecule has 0 aromatic heterocycles. The van der Waals surface area contributed by atoms with Crippen LogP contribution in [0.3, 0.4) is 0 Å². The maximum atomic E-state index is 13.4. The lowest BCUT2D eigenvalue weighted by molar-refractivity contribution is -0.119. The maximum absolute atomic E-state index is 13.4. The fourth-order valence-electron chi connectivity index (χ4n) is 4.45. The van der Waals surface area contributed by atoms with Crippen LogP contribution in [0.5, 0.6) is 0 Å². The van der Waals surface area contributed by atoms with E-state index < -0.39 is 10.0 Å². The van der Waals surface area contributed by atoms with Crippen LogP contribution in [0.4, 0.5) is 11.4 Å². The predicted octanol–water partition coefficient (Wildman–Crippen LogP) is 3.47. The minimum atomic E-state index is -3.64. The zero-order chi connectivity index (χ0) is 19.7. The van der Waals surface area contributed by atoms with E-state index in [0.717, 1.165) is 41.8 Å². The average molecular weight is 397 g/mol. The van der Waals surface area contributed by atoms with Crippen LogP contribution in [0.2, 0.25) is 0 Å². The minimum Gasteiger partial charge on any atom is -0.311 e. The Balaban J connectivity index is 1.55. The lowest BCUT2D eigenvalue weighted by Crippen LogP contribution is -2.34. The summed E-state index contributed by atoms with van der Waals surface area (Å²) in [6.07, 6.45) is 2.66. The van der Waals surface area contributed by atoms with Gasteiger partial charge in [0.15, 0.2) is 0 Å². The first kappa shape index (κ1) is 17.7. The maximum Gasteiger partial charge on any atom is 0.264 e. The van der Waals surface area contributed by atoms with Gasteiger partial charge in [-0.05, 0) is 54.7 Å². The van der Waals surface area contributed by atoms with E-state index in [0.29, 0.717) is 18.0 Å². The van der Waals surface area contributed by atoms with Gasteiger partial charge < -0.3 is 4.90 Å². The predicted molar refractivity (Wildman–Crippen MR) is 109 cm³/mol. The molecule has 2 heterocycles. The molecule has 2 aliphatic heterocycles. The number of nitrogens with zero attached hydrogens (tertiary/aromatic N) is 2. The Morgan fingerprint density at radius 2 is 1.82 bits per heavy atom. The zero-order valence-corrected chi connectivity index (χ0v) is 17.0. The summed E-state index contributed by atoms with van der Waals surface area (Å²) in [4.78, 5) is 14.8. The Bertz CT molecular complexity index is 1090. The van der Waals surface area contributed by atoms with Gasteiger partial charge in [0.2, 0.25) is 5.91 Å². The number of para-hydroxylation sites is 1. The Morgan fingerprint density at radius 3 is 2.57 bits per heavy atom. The smallest absolute Gasteiger partial charge is 0.264 e. The van der Waals surface area contributed by atoms with Gasteiger partial charge >= 0.3 is 0 Å². The zero-order valence-electron chi connectivity index (χ0n) is 16.2. The molecule has 1 amide bonds. The number of carbonyl (C=O) groups excluding carboxylic acids is 1. The number of anilines is 2. The third-order valence-electron chi connectivity index (χ3n) is 6.17. The van der Waals surface area contributed by atoms with Gasteiger partial charge in [0.05, 0.1) is 10.6 Å². The molecule has 0 atom stereocenters. The fraction of sp³-hybridized carbons (Fsp3) is 0.409. The third kappa shape index (κ3) is 2.58. The van der Waals surface area contributed by atoms with Crippen molar-refractivity contribution in [3.05, 3.63) is 53.6 Å². The van der Waals surface area contributed by atoms with Gasteiger partial charge in [-0.15, -0.1) is 0 Å². The second-order valence-corrected chi connectivity index (χ2v) is 10.6. The van der Waals surface area contributed by atoms with E-state index in [2.05, 4.69) is 13.8 Å². The standard InChI is InChI=1S/C22H24N2O3S/c1-22(2)14-23(21(25)16-7-8-16)20-10-9-17(13-18(20)22)28(26,27)24-12-11-15-5-3-4-6-19(15)24/h3-6,9-10,13,16H,7-8,11-12,14H2,1-2H3. The van der Waals surface area contributed by atoms with Crippen LogP contribution in [-0.2, 0) is 26.7 Å². The summed E-state index contributed by atoms with van der Waals surface area (Å²) in [5.41, 5.74) is 3.37. The summed E-state index contributed by atoms with van der Waals surface area (Å²) in [5.74, 6) is 0.321. The summed E-state index contributed by atoms with van der Waals surface area (Å²) < 4.78 is 28.3. The molecule has 0 N–H and O–H groups in total. The number of hydrogen-bond acceptors (Lipinski definition) is 3. The molecule has 0 unspecified atom stereocenters. The number of sulfonamides is 1. The molecular formula is C22H24N2O3S. The van der Waals surface area contributed by atoms with Crippen LogP contribution >= 0.6 is 0 Å². The molecule has 0 bridgehead atoms. The fourth-order valence-corrected chi connectivity index (χ4v) is 5.98. The number of amides is 1. The van der Waals surface area contributed by atoms with Crippen molar-refractivity contribution in [3.8, 4) is 0 Å². The summed E-state index contributed by atoms with van der Waals surface area (Å²) in [6.45, 7) is 5.23. The van der Waals surface area contributed by atoms with E-state index in [4.69, 9.17) is 0 Å². The number of rotatable bonds is 3. The molecule has 1 aliphatic carbocycles. The van der Waals surface area contributed by atoms with Crippen molar-refractivity contribution in [1.29, 1.82) is 0 Å². The van der Waals surface area contributed by atoms with Gasteiger partial charge in [-0.25, -0.2) is 8.42 Å². The largest absolute Gasteiger partial charge is 0.311 e. The van der Waals surface area contributed by atoms with Crippen molar-refractivity contribution in [2.45, 2.75) is 43.4 Å². The Hall–Kier alpha value is -2.34. The first-order valence-electron chi connectivity index (χ1n) is 9.86. The molecule has 1 fully saturated rings. The molecule has 5 nitrogen and oxygen atoms in total. The van der Waals surface area contributed by atoms with E-state index >= 15 is 0 Å². The third-order valence-corrected chi connectivity index (χ3v) is 7.98. The minimum absolute atomic E-state index is 0.145. The van der Waals surface area contributed by atoms with Crippen molar-refractivity contribution in [2.75, 3.05) is 22.3 Å². The molecule has 6 heteroatoms. The molecule has 5 rings (SSSR count). The second-order valence-electron chi connectivity index (χ2n) is 8.72. The topological polar surface area (TPSA) is 57.7 Å². The van der Waals surface area contributed by atoms with Crippen molar-refractivity contribution >= 4 is 27.3 Å². The lowest BCUT2D eigenvalue weighted by atomic mass is 9.87. The van der Waals surface area contributed by atoms with Crippen LogP contribution in [0.1, 0.15) is 37.8 Å². The monoisotopic (exact) mass is 396 g/mol. The molecule has 0 radical (unpaired) electrons. The molecule has 2 aromatic carbocycles. The SMILES string of the molecule is CC1(C)CN(C(=O)C2CC2)c2ccc(S(=O)(=O)N3CCc4ccccc43)cc21. The lowest BCUT2D eigenvalue weighted by Gasteiger charge is -2.22. The van der Waals surface area contributed by atoms with Crippen molar-refractivity contribution in [2.24, 2.45) is 5.92 Å².